The number of fused-ring (bicyclic) bond motifs is 5. The Bertz CT molecular complexity index is 969. The average molecular weight is 323 g/mol. The van der Waals surface area contributed by atoms with E-state index in [1.165, 1.54) is 5.57 Å². The predicted octanol–water partition coefficient (Wildman–Crippen LogP) is 4.37. The zero-order valence-electron chi connectivity index (χ0n) is 12.8. The molecule has 0 aromatic heterocycles. The third kappa shape index (κ3) is 2.30. The number of sulfonamides is 1. The molecule has 1 heterocycles. The van der Waals surface area contributed by atoms with E-state index in [1.54, 1.807) is 12.1 Å². The lowest BCUT2D eigenvalue weighted by atomic mass is 9.92. The first kappa shape index (κ1) is 14.3. The van der Waals surface area contributed by atoms with Crippen molar-refractivity contribution in [3.63, 3.8) is 0 Å². The standard InChI is InChI=1S/C19H17NO2S/c1-13-5-4-7-15-14(10-9-13)11-12-17-16-6-2-3-8-18(16)23(21,22)20-19(15)17/h2-3,5-6,8-12,20H,4,7H2,1H3. The van der Waals surface area contributed by atoms with E-state index in [0.717, 1.165) is 40.8 Å². The smallest absolute Gasteiger partial charge is 0.262 e. The van der Waals surface area contributed by atoms with Gasteiger partial charge in [0, 0.05) is 11.1 Å². The van der Waals surface area contributed by atoms with Gasteiger partial charge in [-0.25, -0.2) is 8.42 Å². The maximum absolute atomic E-state index is 12.6. The van der Waals surface area contributed by atoms with Crippen LogP contribution in [0.15, 0.2) is 59.0 Å². The first-order valence-electron chi connectivity index (χ1n) is 7.69. The molecule has 0 bridgehead atoms. The maximum atomic E-state index is 12.6. The van der Waals surface area contributed by atoms with Crippen LogP contribution in [0.5, 0.6) is 0 Å². The summed E-state index contributed by atoms with van der Waals surface area (Å²) < 4.78 is 28.0. The van der Waals surface area contributed by atoms with Gasteiger partial charge in [0.1, 0.15) is 0 Å². The van der Waals surface area contributed by atoms with E-state index < -0.39 is 10.0 Å². The SMILES string of the molecule is CC1=CCCc2c(ccc3c2NS(=O)(=O)c2ccccc2-3)C=C1. The highest BCUT2D eigenvalue weighted by Gasteiger charge is 2.29. The van der Waals surface area contributed by atoms with Crippen molar-refractivity contribution >= 4 is 21.8 Å². The number of rotatable bonds is 0. The molecule has 1 aliphatic carbocycles. The average Bonchev–Trinajstić information content (AvgIpc) is 2.52. The summed E-state index contributed by atoms with van der Waals surface area (Å²) in [5.41, 5.74) is 5.86. The Labute approximate surface area is 136 Å². The van der Waals surface area contributed by atoms with Gasteiger partial charge < -0.3 is 0 Å². The lowest BCUT2D eigenvalue weighted by molar-refractivity contribution is 0.601. The van der Waals surface area contributed by atoms with Crippen molar-refractivity contribution < 1.29 is 8.42 Å². The topological polar surface area (TPSA) is 46.2 Å². The Morgan fingerprint density at radius 3 is 2.70 bits per heavy atom. The van der Waals surface area contributed by atoms with Gasteiger partial charge >= 0.3 is 0 Å². The summed E-state index contributed by atoms with van der Waals surface area (Å²) in [6.45, 7) is 2.08. The van der Waals surface area contributed by atoms with Gasteiger partial charge in [0.05, 0.1) is 10.6 Å². The monoisotopic (exact) mass is 323 g/mol. The van der Waals surface area contributed by atoms with Gasteiger partial charge in [0.25, 0.3) is 10.0 Å². The first-order valence-corrected chi connectivity index (χ1v) is 9.17. The fraction of sp³-hybridized carbons (Fsp3) is 0.158. The normalized spacial score (nSPS) is 17.7. The van der Waals surface area contributed by atoms with E-state index in [2.05, 4.69) is 35.9 Å². The van der Waals surface area contributed by atoms with Crippen LogP contribution in [0.3, 0.4) is 0 Å². The van der Waals surface area contributed by atoms with Crippen LogP contribution in [0, 0.1) is 0 Å². The largest absolute Gasteiger partial charge is 0.279 e. The Morgan fingerprint density at radius 2 is 1.83 bits per heavy atom. The lowest BCUT2D eigenvalue weighted by Crippen LogP contribution is -2.20. The second kappa shape index (κ2) is 5.10. The van der Waals surface area contributed by atoms with E-state index in [4.69, 9.17) is 0 Å². The van der Waals surface area contributed by atoms with Gasteiger partial charge in [-0.2, -0.15) is 0 Å². The molecule has 0 saturated heterocycles. The second-order valence-corrected chi connectivity index (χ2v) is 7.63. The van der Waals surface area contributed by atoms with Crippen molar-refractivity contribution in [2.24, 2.45) is 0 Å². The molecular weight excluding hydrogens is 306 g/mol. The van der Waals surface area contributed by atoms with Gasteiger partial charge in [-0.15, -0.1) is 0 Å². The van der Waals surface area contributed by atoms with Crippen LogP contribution in [0.25, 0.3) is 17.2 Å². The third-order valence-corrected chi connectivity index (χ3v) is 5.85. The molecule has 4 rings (SSSR count). The lowest BCUT2D eigenvalue weighted by Gasteiger charge is -2.25. The summed E-state index contributed by atoms with van der Waals surface area (Å²) in [7, 11) is -3.51. The first-order chi connectivity index (χ1) is 11.1. The summed E-state index contributed by atoms with van der Waals surface area (Å²) in [6.07, 6.45) is 8.06. The number of benzene rings is 2. The molecule has 0 spiro atoms. The second-order valence-electron chi connectivity index (χ2n) is 5.98. The number of anilines is 1. The molecule has 2 aromatic rings. The Hall–Kier alpha value is -2.33. The van der Waals surface area contributed by atoms with Gasteiger partial charge in [-0.1, -0.05) is 54.1 Å². The minimum Gasteiger partial charge on any atom is -0.279 e. The van der Waals surface area contributed by atoms with Crippen LogP contribution < -0.4 is 4.72 Å². The molecule has 0 amide bonds. The van der Waals surface area contributed by atoms with E-state index in [-0.39, 0.29) is 0 Å². The van der Waals surface area contributed by atoms with Gasteiger partial charge in [-0.05, 0) is 37.0 Å². The van der Waals surface area contributed by atoms with Crippen molar-refractivity contribution in [3.05, 3.63) is 65.3 Å². The highest BCUT2D eigenvalue weighted by Crippen LogP contribution is 2.42. The molecule has 0 unspecified atom stereocenters. The molecule has 0 saturated carbocycles. The Kier molecular flexibility index (Phi) is 3.16. The number of allylic oxidation sites excluding steroid dienone is 3. The quantitative estimate of drug-likeness (QED) is 0.782. The summed E-state index contributed by atoms with van der Waals surface area (Å²) in [4.78, 5) is 0.351. The van der Waals surface area contributed by atoms with Crippen LogP contribution >= 0.6 is 0 Å². The van der Waals surface area contributed by atoms with Crippen LogP contribution in [-0.4, -0.2) is 8.42 Å². The Balaban J connectivity index is 1.99. The molecule has 2 aliphatic rings. The minimum absolute atomic E-state index is 0.351. The van der Waals surface area contributed by atoms with Crippen molar-refractivity contribution in [1.82, 2.24) is 0 Å². The summed E-state index contributed by atoms with van der Waals surface area (Å²) in [5.74, 6) is 0. The highest BCUT2D eigenvalue weighted by atomic mass is 32.2. The molecule has 0 atom stereocenters. The van der Waals surface area contributed by atoms with Crippen LogP contribution in [0.2, 0.25) is 0 Å². The fourth-order valence-corrected chi connectivity index (χ4v) is 4.61. The molecular formula is C19H17NO2S. The van der Waals surface area contributed by atoms with Crippen molar-refractivity contribution in [2.45, 2.75) is 24.7 Å². The number of nitrogens with one attached hydrogen (secondary N) is 1. The Morgan fingerprint density at radius 1 is 1.00 bits per heavy atom. The molecule has 2 aromatic carbocycles. The van der Waals surface area contributed by atoms with Gasteiger partial charge in [-0.3, -0.25) is 4.72 Å². The van der Waals surface area contributed by atoms with E-state index >= 15 is 0 Å². The van der Waals surface area contributed by atoms with Gasteiger partial charge in [0.15, 0.2) is 0 Å². The molecule has 4 heteroatoms. The molecule has 0 radical (unpaired) electrons. The molecule has 3 nitrogen and oxygen atoms in total. The van der Waals surface area contributed by atoms with Crippen LogP contribution in [-0.2, 0) is 16.4 Å². The van der Waals surface area contributed by atoms with E-state index in [1.807, 2.05) is 18.2 Å². The molecule has 1 aliphatic heterocycles. The van der Waals surface area contributed by atoms with Crippen molar-refractivity contribution in [1.29, 1.82) is 0 Å². The molecule has 1 N–H and O–H groups in total. The minimum atomic E-state index is -3.51. The zero-order chi connectivity index (χ0) is 16.0. The number of hydrogen-bond donors (Lipinski definition) is 1. The van der Waals surface area contributed by atoms with Crippen molar-refractivity contribution in [3.8, 4) is 11.1 Å². The summed E-state index contributed by atoms with van der Waals surface area (Å²) >= 11 is 0. The number of hydrogen-bond acceptors (Lipinski definition) is 2. The third-order valence-electron chi connectivity index (χ3n) is 4.44. The fourth-order valence-electron chi connectivity index (χ4n) is 3.28. The maximum Gasteiger partial charge on any atom is 0.262 e. The van der Waals surface area contributed by atoms with Crippen LogP contribution in [0.1, 0.15) is 24.5 Å². The molecule has 116 valence electrons. The molecule has 23 heavy (non-hydrogen) atoms. The van der Waals surface area contributed by atoms with E-state index in [0.29, 0.717) is 4.90 Å². The van der Waals surface area contributed by atoms with Gasteiger partial charge in [0.2, 0.25) is 0 Å². The van der Waals surface area contributed by atoms with Crippen molar-refractivity contribution in [2.75, 3.05) is 4.72 Å². The highest BCUT2D eigenvalue weighted by molar-refractivity contribution is 7.93. The summed E-state index contributed by atoms with van der Waals surface area (Å²) in [5, 5.41) is 0. The van der Waals surface area contributed by atoms with E-state index in [9.17, 15) is 8.42 Å². The predicted molar refractivity (Wildman–Crippen MR) is 93.8 cm³/mol. The van der Waals surface area contributed by atoms with Crippen LogP contribution in [0.4, 0.5) is 5.69 Å². The zero-order valence-corrected chi connectivity index (χ0v) is 13.7. The summed E-state index contributed by atoms with van der Waals surface area (Å²) in [6, 6.07) is 11.3. The molecule has 0 fully saturated rings.